The van der Waals surface area contributed by atoms with Crippen molar-refractivity contribution in [3.63, 3.8) is 0 Å². The van der Waals surface area contributed by atoms with Gasteiger partial charge in [-0.3, -0.25) is 19.2 Å². The van der Waals surface area contributed by atoms with E-state index in [2.05, 4.69) is 20.4 Å². The van der Waals surface area contributed by atoms with Crippen molar-refractivity contribution in [2.45, 2.75) is 65.7 Å². The van der Waals surface area contributed by atoms with Crippen LogP contribution in [0.3, 0.4) is 0 Å². The van der Waals surface area contributed by atoms with E-state index in [9.17, 15) is 37.5 Å². The third-order valence-electron chi connectivity index (χ3n) is 10.2. The molecule has 0 spiro atoms. The molecule has 0 bridgehead atoms. The minimum atomic E-state index is -4.64. The molecule has 2 aliphatic heterocycles. The number of anilines is 3. The third-order valence-corrected chi connectivity index (χ3v) is 10.6. The summed E-state index contributed by atoms with van der Waals surface area (Å²) >= 11 is 6.16. The van der Waals surface area contributed by atoms with Gasteiger partial charge in [-0.2, -0.15) is 22.7 Å². The molecule has 3 aromatic heterocycles. The van der Waals surface area contributed by atoms with E-state index in [1.54, 1.807) is 29.7 Å². The summed E-state index contributed by atoms with van der Waals surface area (Å²) in [6.45, 7) is 9.12. The molecule has 1 fully saturated rings. The number of aromatic nitrogens is 6. The van der Waals surface area contributed by atoms with Crippen molar-refractivity contribution in [3.8, 4) is 17.1 Å². The van der Waals surface area contributed by atoms with Gasteiger partial charge in [0.1, 0.15) is 18.6 Å². The predicted molar refractivity (Wildman–Crippen MR) is 205 cm³/mol. The van der Waals surface area contributed by atoms with Crippen LogP contribution in [-0.4, -0.2) is 88.6 Å². The normalized spacial score (nSPS) is 15.3. The van der Waals surface area contributed by atoms with Crippen LogP contribution in [0.15, 0.2) is 47.5 Å². The van der Waals surface area contributed by atoms with E-state index in [4.69, 9.17) is 16.6 Å². The van der Waals surface area contributed by atoms with Gasteiger partial charge in [0.15, 0.2) is 17.3 Å². The highest BCUT2D eigenvalue weighted by molar-refractivity contribution is 6.33. The van der Waals surface area contributed by atoms with Gasteiger partial charge in [0.2, 0.25) is 17.6 Å². The number of aryl methyl sites for hydroxylation is 1. The van der Waals surface area contributed by atoms with Crippen molar-refractivity contribution in [1.29, 1.82) is 0 Å². The molecule has 5 heterocycles. The number of nitrogens with one attached hydrogen (secondary N) is 1. The van der Waals surface area contributed by atoms with Gasteiger partial charge in [-0.05, 0) is 75.6 Å². The molecule has 0 aliphatic carbocycles. The summed E-state index contributed by atoms with van der Waals surface area (Å²) < 4.78 is 42.6. The molecule has 3 amide bonds. The van der Waals surface area contributed by atoms with Crippen LogP contribution in [0.25, 0.3) is 17.2 Å². The number of aromatic hydroxyl groups is 1. The molecule has 0 radical (unpaired) electrons. The molecular formula is C38H38ClF3N10O5. The number of piperazine rings is 1. The van der Waals surface area contributed by atoms with Crippen molar-refractivity contribution >= 4 is 52.2 Å². The Bertz CT molecular complexity index is 2530. The van der Waals surface area contributed by atoms with E-state index < -0.39 is 41.2 Å². The van der Waals surface area contributed by atoms with Gasteiger partial charge in [-0.25, -0.2) is 9.97 Å². The Balaban J connectivity index is 1.28. The van der Waals surface area contributed by atoms with Crippen LogP contribution in [-0.2, 0) is 35.2 Å². The summed E-state index contributed by atoms with van der Waals surface area (Å²) in [6, 6.07) is 8.04. The lowest BCUT2D eigenvalue weighted by Gasteiger charge is -2.36. The van der Waals surface area contributed by atoms with Crippen LogP contribution in [0.4, 0.5) is 30.2 Å². The maximum Gasteiger partial charge on any atom is 0.416 e. The Hall–Kier alpha value is -6.04. The standard InChI is InChI=1S/C38H38ClF3N10O5/c1-6-27-31(48-11-13-49(14-12-48)34(56)30-32(55)20(2)43-19-44-30)35(57)52-36(50(27)18-29(54)45-26-9-8-24(16-25(26)39)38(40,41)42)46-33(47-52)22-7-10-28-23(15-22)17-37(4,5)51(28)21(3)53/h7-10,15-16,19,55H,6,11-14,17-18H2,1-5H3,(H,45,54). The van der Waals surface area contributed by atoms with E-state index in [1.165, 1.54) is 22.7 Å². The second-order valence-corrected chi connectivity index (χ2v) is 15.0. The Labute approximate surface area is 328 Å². The van der Waals surface area contributed by atoms with Crippen molar-refractivity contribution in [3.05, 3.63) is 86.3 Å². The maximum absolute atomic E-state index is 14.5. The summed E-state index contributed by atoms with van der Waals surface area (Å²) in [5.41, 5.74) is 0.992. The first-order chi connectivity index (χ1) is 26.9. The fraction of sp³-hybridized carbons (Fsp3) is 0.368. The summed E-state index contributed by atoms with van der Waals surface area (Å²) in [5.74, 6) is -1.34. The van der Waals surface area contributed by atoms with E-state index >= 15 is 0 Å². The first-order valence-corrected chi connectivity index (χ1v) is 18.4. The molecule has 298 valence electrons. The molecule has 1 saturated heterocycles. The molecule has 57 heavy (non-hydrogen) atoms. The molecule has 2 aliphatic rings. The summed E-state index contributed by atoms with van der Waals surface area (Å²) in [6.07, 6.45) is -2.62. The lowest BCUT2D eigenvalue weighted by molar-refractivity contribution is -0.137. The maximum atomic E-state index is 14.5. The minimum absolute atomic E-state index is 0.0406. The number of benzene rings is 2. The molecule has 5 aromatic rings. The van der Waals surface area contributed by atoms with Gasteiger partial charge >= 0.3 is 6.18 Å². The number of nitrogens with zero attached hydrogens (tertiary/aromatic N) is 9. The molecule has 0 atom stereocenters. The van der Waals surface area contributed by atoms with Crippen molar-refractivity contribution < 1.29 is 32.7 Å². The topological polar surface area (TPSA) is 171 Å². The van der Waals surface area contributed by atoms with Crippen molar-refractivity contribution in [2.24, 2.45) is 0 Å². The summed E-state index contributed by atoms with van der Waals surface area (Å²) in [7, 11) is 0. The van der Waals surface area contributed by atoms with Crippen LogP contribution in [0.5, 0.6) is 5.75 Å². The Kier molecular flexibility index (Phi) is 9.96. The second-order valence-electron chi connectivity index (χ2n) is 14.6. The van der Waals surface area contributed by atoms with Crippen molar-refractivity contribution in [2.75, 3.05) is 41.3 Å². The van der Waals surface area contributed by atoms with E-state index in [1.807, 2.05) is 26.0 Å². The van der Waals surface area contributed by atoms with E-state index in [0.29, 0.717) is 17.7 Å². The Morgan fingerprint density at radius 1 is 1.04 bits per heavy atom. The van der Waals surface area contributed by atoms with Crippen LogP contribution in [0, 0.1) is 6.92 Å². The first-order valence-electron chi connectivity index (χ1n) is 18.1. The zero-order valence-corrected chi connectivity index (χ0v) is 32.4. The number of halogens is 4. The number of fused-ring (bicyclic) bond motifs is 2. The highest BCUT2D eigenvalue weighted by Crippen LogP contribution is 2.40. The number of rotatable bonds is 7. The molecule has 15 nitrogen and oxygen atoms in total. The van der Waals surface area contributed by atoms with Crippen molar-refractivity contribution in [1.82, 2.24) is 34.0 Å². The molecule has 0 saturated carbocycles. The summed E-state index contributed by atoms with van der Waals surface area (Å²) in [5, 5.41) is 17.3. The monoisotopic (exact) mass is 806 g/mol. The van der Waals surface area contributed by atoms with Gasteiger partial charge in [-0.1, -0.05) is 18.5 Å². The molecular weight excluding hydrogens is 769 g/mol. The SMILES string of the molecule is CCc1c(N2CCN(C(=O)c3ncnc(C)c3O)CC2)c(=O)n2nc(-c3ccc4c(c3)CC(C)(C)N4C(C)=O)nc2n1CC(=O)Nc1ccc(C(F)(F)F)cc1Cl. The minimum Gasteiger partial charge on any atom is -0.504 e. The van der Waals surface area contributed by atoms with Gasteiger partial charge in [-0.15, -0.1) is 5.10 Å². The second kappa shape index (κ2) is 14.5. The Morgan fingerprint density at radius 2 is 1.75 bits per heavy atom. The van der Waals surface area contributed by atoms with E-state index in [0.717, 1.165) is 34.0 Å². The van der Waals surface area contributed by atoms with Crippen LogP contribution in [0.2, 0.25) is 5.02 Å². The molecule has 19 heteroatoms. The average molecular weight is 807 g/mol. The first kappa shape index (κ1) is 39.2. The number of carbonyl (C=O) groups is 3. The van der Waals surface area contributed by atoms with Gasteiger partial charge in [0.25, 0.3) is 11.5 Å². The fourth-order valence-corrected chi connectivity index (χ4v) is 7.86. The van der Waals surface area contributed by atoms with Gasteiger partial charge in [0, 0.05) is 49.9 Å². The number of amides is 3. The number of hydrogen-bond acceptors (Lipinski definition) is 10. The number of alkyl halides is 3. The zero-order valence-electron chi connectivity index (χ0n) is 31.6. The lowest BCUT2D eigenvalue weighted by Crippen LogP contribution is -2.51. The van der Waals surface area contributed by atoms with Crippen LogP contribution >= 0.6 is 11.6 Å². The van der Waals surface area contributed by atoms with E-state index in [-0.39, 0.29) is 83.6 Å². The van der Waals surface area contributed by atoms with Gasteiger partial charge < -0.3 is 29.7 Å². The quantitative estimate of drug-likeness (QED) is 0.231. The van der Waals surface area contributed by atoms with Gasteiger partial charge in [0.05, 0.1) is 27.7 Å². The van der Waals surface area contributed by atoms with Crippen LogP contribution in [0.1, 0.15) is 60.7 Å². The molecule has 7 rings (SSSR count). The highest BCUT2D eigenvalue weighted by Gasteiger charge is 2.39. The third kappa shape index (κ3) is 7.13. The molecule has 2 aromatic carbocycles. The lowest BCUT2D eigenvalue weighted by atomic mass is 9.98. The fourth-order valence-electron chi connectivity index (χ4n) is 7.64. The average Bonchev–Trinajstić information content (AvgIpc) is 3.72. The molecule has 0 unspecified atom stereocenters. The summed E-state index contributed by atoms with van der Waals surface area (Å²) in [4.78, 5) is 71.7. The number of carbonyl (C=O) groups excluding carboxylic acids is 3. The molecule has 2 N–H and O–H groups in total. The predicted octanol–water partition coefficient (Wildman–Crippen LogP) is 4.89. The van der Waals surface area contributed by atoms with Crippen LogP contribution < -0.4 is 20.7 Å². The zero-order chi connectivity index (χ0) is 41.1. The Morgan fingerprint density at radius 3 is 2.40 bits per heavy atom. The smallest absolute Gasteiger partial charge is 0.416 e. The number of hydrogen-bond donors (Lipinski definition) is 2. The highest BCUT2D eigenvalue weighted by atomic mass is 35.5. The largest absolute Gasteiger partial charge is 0.504 e.